The summed E-state index contributed by atoms with van der Waals surface area (Å²) >= 11 is 0. The summed E-state index contributed by atoms with van der Waals surface area (Å²) in [6.07, 6.45) is 2.00. The molecule has 0 N–H and O–H groups in total. The largest absolute Gasteiger partial charge is 0.302 e. The number of imidazole rings is 1. The van der Waals surface area contributed by atoms with E-state index in [9.17, 15) is 0 Å². The lowest BCUT2D eigenvalue weighted by Crippen LogP contribution is -1.93. The molecule has 2 heterocycles. The number of nitriles is 1. The van der Waals surface area contributed by atoms with Gasteiger partial charge in [-0.3, -0.25) is 0 Å². The van der Waals surface area contributed by atoms with Crippen molar-refractivity contribution in [1.29, 1.82) is 5.26 Å². The first-order valence-electron chi connectivity index (χ1n) is 6.56. The van der Waals surface area contributed by atoms with Gasteiger partial charge in [0.2, 0.25) is 0 Å². The van der Waals surface area contributed by atoms with E-state index < -0.39 is 0 Å². The molecule has 0 saturated carbocycles. The number of fused-ring (bicyclic) bond motifs is 1. The third kappa shape index (κ3) is 1.86. The van der Waals surface area contributed by atoms with Gasteiger partial charge in [0.15, 0.2) is 0 Å². The number of aryl methyl sites for hydroxylation is 3. The number of benzene rings is 1. The van der Waals surface area contributed by atoms with Crippen LogP contribution in [0.5, 0.6) is 0 Å². The molecular weight excluding hydrogens is 246 g/mol. The molecule has 0 radical (unpaired) electrons. The van der Waals surface area contributed by atoms with Gasteiger partial charge >= 0.3 is 0 Å². The number of aromatic nitrogens is 2. The summed E-state index contributed by atoms with van der Waals surface area (Å²) in [7, 11) is 0. The van der Waals surface area contributed by atoms with Gasteiger partial charge in [-0.25, -0.2) is 4.98 Å². The van der Waals surface area contributed by atoms with Gasteiger partial charge in [0.05, 0.1) is 11.3 Å². The van der Waals surface area contributed by atoms with Gasteiger partial charge in [-0.1, -0.05) is 12.1 Å². The average Bonchev–Trinajstić information content (AvgIpc) is 2.87. The molecule has 0 fully saturated rings. The van der Waals surface area contributed by atoms with Gasteiger partial charge in [0.25, 0.3) is 0 Å². The molecule has 3 nitrogen and oxygen atoms in total. The number of hydrogen-bond acceptors (Lipinski definition) is 2. The Labute approximate surface area is 118 Å². The molecule has 0 spiro atoms. The molecule has 0 saturated heterocycles. The smallest absolute Gasteiger partial charge is 0.137 e. The van der Waals surface area contributed by atoms with Crippen LogP contribution in [0, 0.1) is 32.1 Å². The zero-order valence-corrected chi connectivity index (χ0v) is 11.8. The first-order valence-corrected chi connectivity index (χ1v) is 6.56. The standard InChI is InChI=1S/C17H15N3/c1-11-4-5-14(8-12(11)2)16-10-20-13(3)15(9-18)6-7-17(20)19-16/h4-8,10H,1-3H3. The highest BCUT2D eigenvalue weighted by Gasteiger charge is 2.08. The number of pyridine rings is 1. The second-order valence-corrected chi connectivity index (χ2v) is 5.10. The molecule has 0 aliphatic heterocycles. The number of rotatable bonds is 1. The molecule has 0 aliphatic rings. The summed E-state index contributed by atoms with van der Waals surface area (Å²) in [5.41, 5.74) is 7.05. The molecule has 0 unspecified atom stereocenters. The van der Waals surface area contributed by atoms with Crippen LogP contribution in [0.2, 0.25) is 0 Å². The van der Waals surface area contributed by atoms with Crippen LogP contribution < -0.4 is 0 Å². The van der Waals surface area contributed by atoms with E-state index in [0.29, 0.717) is 5.56 Å². The summed E-state index contributed by atoms with van der Waals surface area (Å²) < 4.78 is 1.98. The fourth-order valence-electron chi connectivity index (χ4n) is 2.35. The minimum absolute atomic E-state index is 0.682. The van der Waals surface area contributed by atoms with E-state index in [4.69, 9.17) is 5.26 Å². The second-order valence-electron chi connectivity index (χ2n) is 5.10. The van der Waals surface area contributed by atoms with Crippen molar-refractivity contribution < 1.29 is 0 Å². The van der Waals surface area contributed by atoms with Crippen LogP contribution in [-0.2, 0) is 0 Å². The topological polar surface area (TPSA) is 41.1 Å². The van der Waals surface area contributed by atoms with E-state index in [2.05, 4.69) is 43.1 Å². The Balaban J connectivity index is 2.20. The van der Waals surface area contributed by atoms with Crippen molar-refractivity contribution in [3.05, 3.63) is 58.9 Å². The van der Waals surface area contributed by atoms with Gasteiger partial charge in [0.1, 0.15) is 11.7 Å². The molecule has 3 rings (SSSR count). The van der Waals surface area contributed by atoms with Crippen molar-refractivity contribution in [3.63, 3.8) is 0 Å². The van der Waals surface area contributed by atoms with Crippen LogP contribution in [0.25, 0.3) is 16.9 Å². The van der Waals surface area contributed by atoms with E-state index in [1.54, 1.807) is 0 Å². The number of nitrogens with zero attached hydrogens (tertiary/aromatic N) is 3. The third-order valence-electron chi connectivity index (χ3n) is 3.81. The summed E-state index contributed by atoms with van der Waals surface area (Å²) in [6, 6.07) is 12.3. The van der Waals surface area contributed by atoms with Crippen molar-refractivity contribution >= 4 is 5.65 Å². The molecule has 0 aliphatic carbocycles. The molecule has 0 amide bonds. The van der Waals surface area contributed by atoms with Gasteiger partial charge in [-0.15, -0.1) is 0 Å². The Hall–Kier alpha value is -2.60. The minimum Gasteiger partial charge on any atom is -0.302 e. The SMILES string of the molecule is Cc1ccc(-c2cn3c(C)c(C#N)ccc3n2)cc1C. The van der Waals surface area contributed by atoms with Crippen molar-refractivity contribution in [3.8, 4) is 17.3 Å². The maximum atomic E-state index is 9.08. The van der Waals surface area contributed by atoms with Crippen molar-refractivity contribution in [2.75, 3.05) is 0 Å². The van der Waals surface area contributed by atoms with Crippen LogP contribution in [0.1, 0.15) is 22.4 Å². The Morgan fingerprint density at radius 3 is 2.55 bits per heavy atom. The Morgan fingerprint density at radius 1 is 1.05 bits per heavy atom. The fraction of sp³-hybridized carbons (Fsp3) is 0.176. The van der Waals surface area contributed by atoms with Gasteiger partial charge in [-0.05, 0) is 50.1 Å². The number of hydrogen-bond donors (Lipinski definition) is 0. The van der Waals surface area contributed by atoms with E-state index in [1.807, 2.05) is 29.7 Å². The predicted molar refractivity (Wildman–Crippen MR) is 79.6 cm³/mol. The Morgan fingerprint density at radius 2 is 1.85 bits per heavy atom. The lowest BCUT2D eigenvalue weighted by molar-refractivity contribution is 1.08. The van der Waals surface area contributed by atoms with E-state index in [0.717, 1.165) is 22.6 Å². The van der Waals surface area contributed by atoms with Crippen LogP contribution in [-0.4, -0.2) is 9.38 Å². The second kappa shape index (κ2) is 4.50. The summed E-state index contributed by atoms with van der Waals surface area (Å²) in [4.78, 5) is 4.64. The Bertz CT molecular complexity index is 851. The first kappa shape index (κ1) is 12.4. The van der Waals surface area contributed by atoms with Gasteiger partial charge in [-0.2, -0.15) is 5.26 Å². The van der Waals surface area contributed by atoms with Gasteiger partial charge in [0, 0.05) is 17.5 Å². The van der Waals surface area contributed by atoms with Crippen molar-refractivity contribution in [1.82, 2.24) is 9.38 Å². The molecule has 98 valence electrons. The lowest BCUT2D eigenvalue weighted by Gasteiger charge is -2.02. The van der Waals surface area contributed by atoms with Crippen molar-refractivity contribution in [2.45, 2.75) is 20.8 Å². The van der Waals surface area contributed by atoms with Crippen LogP contribution in [0.4, 0.5) is 0 Å². The fourth-order valence-corrected chi connectivity index (χ4v) is 2.35. The highest BCUT2D eigenvalue weighted by molar-refractivity contribution is 5.64. The monoisotopic (exact) mass is 261 g/mol. The molecule has 20 heavy (non-hydrogen) atoms. The minimum atomic E-state index is 0.682. The highest BCUT2D eigenvalue weighted by atomic mass is 15.0. The van der Waals surface area contributed by atoms with E-state index >= 15 is 0 Å². The normalized spacial score (nSPS) is 10.7. The summed E-state index contributed by atoms with van der Waals surface area (Å²) in [6.45, 7) is 6.15. The zero-order valence-electron chi connectivity index (χ0n) is 11.8. The molecule has 3 aromatic rings. The highest BCUT2D eigenvalue weighted by Crippen LogP contribution is 2.23. The molecule has 0 atom stereocenters. The maximum Gasteiger partial charge on any atom is 0.137 e. The van der Waals surface area contributed by atoms with Crippen LogP contribution >= 0.6 is 0 Å². The molecule has 1 aromatic carbocycles. The van der Waals surface area contributed by atoms with Crippen molar-refractivity contribution in [2.24, 2.45) is 0 Å². The van der Waals surface area contributed by atoms with E-state index in [-0.39, 0.29) is 0 Å². The molecule has 3 heteroatoms. The third-order valence-corrected chi connectivity index (χ3v) is 3.81. The van der Waals surface area contributed by atoms with Crippen LogP contribution in [0.15, 0.2) is 36.5 Å². The van der Waals surface area contributed by atoms with Crippen LogP contribution in [0.3, 0.4) is 0 Å². The lowest BCUT2D eigenvalue weighted by atomic mass is 10.0. The summed E-state index contributed by atoms with van der Waals surface area (Å²) in [5, 5.41) is 9.08. The predicted octanol–water partition coefficient (Wildman–Crippen LogP) is 3.80. The maximum absolute atomic E-state index is 9.08. The quantitative estimate of drug-likeness (QED) is 0.668. The first-order chi connectivity index (χ1) is 9.60. The molecule has 2 aromatic heterocycles. The molecule has 0 bridgehead atoms. The Kier molecular flexibility index (Phi) is 2.80. The molecular formula is C17H15N3. The summed E-state index contributed by atoms with van der Waals surface area (Å²) in [5.74, 6) is 0. The van der Waals surface area contributed by atoms with Gasteiger partial charge < -0.3 is 4.40 Å². The average molecular weight is 261 g/mol. The van der Waals surface area contributed by atoms with E-state index in [1.165, 1.54) is 11.1 Å². The zero-order chi connectivity index (χ0) is 14.3.